The Hall–Kier alpha value is -2.78. The lowest BCUT2D eigenvalue weighted by molar-refractivity contribution is -0.312. The first-order chi connectivity index (χ1) is 16.8. The average molecular weight is 501 g/mol. The fraction of sp³-hybridized carbons (Fsp3) is 0.630. The molecule has 5 aliphatic rings. The molecule has 9 heteroatoms. The van der Waals surface area contributed by atoms with Crippen molar-refractivity contribution in [3.05, 3.63) is 36.1 Å². The Kier molecular flexibility index (Phi) is 5.27. The van der Waals surface area contributed by atoms with Gasteiger partial charge in [0.15, 0.2) is 5.76 Å². The van der Waals surface area contributed by atoms with Gasteiger partial charge in [-0.3, -0.25) is 14.4 Å². The van der Waals surface area contributed by atoms with E-state index in [-0.39, 0.29) is 17.8 Å². The van der Waals surface area contributed by atoms with E-state index in [0.717, 1.165) is 12.5 Å². The first-order valence-electron chi connectivity index (χ1n) is 12.4. The summed E-state index contributed by atoms with van der Waals surface area (Å²) in [6, 6.07) is 0. The molecule has 1 N–H and O–H groups in total. The highest BCUT2D eigenvalue weighted by Gasteiger charge is 2.90. The third-order valence-corrected chi connectivity index (χ3v) is 9.42. The topological polar surface area (TPSA) is 125 Å². The van der Waals surface area contributed by atoms with Crippen LogP contribution in [-0.4, -0.2) is 51.9 Å². The van der Waals surface area contributed by atoms with E-state index in [0.29, 0.717) is 19.3 Å². The number of esters is 2. The second-order valence-corrected chi connectivity index (χ2v) is 11.1. The molecule has 2 aliphatic carbocycles. The van der Waals surface area contributed by atoms with E-state index in [1.165, 1.54) is 0 Å². The van der Waals surface area contributed by atoms with E-state index < -0.39 is 63.9 Å². The summed E-state index contributed by atoms with van der Waals surface area (Å²) in [5, 5.41) is 9.66. The molecule has 0 amide bonds. The third-order valence-electron chi connectivity index (χ3n) is 9.42. The van der Waals surface area contributed by atoms with Crippen LogP contribution in [0, 0.1) is 29.1 Å². The van der Waals surface area contributed by atoms with Crippen molar-refractivity contribution >= 4 is 23.7 Å². The molecule has 36 heavy (non-hydrogen) atoms. The Balaban J connectivity index is 1.77. The van der Waals surface area contributed by atoms with Crippen molar-refractivity contribution in [3.8, 4) is 0 Å². The van der Waals surface area contributed by atoms with Gasteiger partial charge in [0, 0.05) is 18.3 Å². The minimum absolute atomic E-state index is 0.153. The molecule has 1 saturated carbocycles. The summed E-state index contributed by atoms with van der Waals surface area (Å²) in [5.41, 5.74) is -3.75. The van der Waals surface area contributed by atoms with Crippen LogP contribution in [0.25, 0.3) is 0 Å². The van der Waals surface area contributed by atoms with E-state index in [1.807, 2.05) is 45.9 Å². The van der Waals surface area contributed by atoms with Gasteiger partial charge in [0.1, 0.15) is 11.7 Å². The molecular formula is C27H32O9. The van der Waals surface area contributed by atoms with Crippen molar-refractivity contribution in [3.63, 3.8) is 0 Å². The molecule has 3 heterocycles. The van der Waals surface area contributed by atoms with Crippen LogP contribution in [0.1, 0.15) is 53.9 Å². The maximum atomic E-state index is 13.7. The lowest BCUT2D eigenvalue weighted by Crippen LogP contribution is -2.74. The Morgan fingerprint density at radius 2 is 1.89 bits per heavy atom. The normalized spacial score (nSPS) is 47.4. The van der Waals surface area contributed by atoms with Gasteiger partial charge in [-0.15, -0.1) is 0 Å². The lowest BCUT2D eigenvalue weighted by Gasteiger charge is -2.59. The maximum absolute atomic E-state index is 13.7. The number of carboxylic acids is 1. The fourth-order valence-corrected chi connectivity index (χ4v) is 7.84. The minimum atomic E-state index is -2.54. The van der Waals surface area contributed by atoms with Crippen LogP contribution in [0.2, 0.25) is 0 Å². The molecule has 9 nitrogen and oxygen atoms in total. The van der Waals surface area contributed by atoms with Crippen molar-refractivity contribution < 1.29 is 43.2 Å². The number of ketones is 1. The fourth-order valence-electron chi connectivity index (χ4n) is 7.84. The molecule has 4 fully saturated rings. The van der Waals surface area contributed by atoms with Gasteiger partial charge in [-0.1, -0.05) is 31.7 Å². The summed E-state index contributed by atoms with van der Waals surface area (Å²) in [6.07, 6.45) is 6.65. The predicted octanol–water partition coefficient (Wildman–Crippen LogP) is 3.09. The van der Waals surface area contributed by atoms with Gasteiger partial charge >= 0.3 is 23.5 Å². The molecule has 0 aromatic heterocycles. The molecule has 0 spiro atoms. The largest absolute Gasteiger partial charge is 0.481 e. The minimum Gasteiger partial charge on any atom is -0.481 e. The molecule has 3 saturated heterocycles. The van der Waals surface area contributed by atoms with Crippen LogP contribution in [0.15, 0.2) is 36.1 Å². The van der Waals surface area contributed by atoms with Crippen LogP contribution in [0.4, 0.5) is 0 Å². The molecule has 2 bridgehead atoms. The molecule has 0 radical (unpaired) electrons. The van der Waals surface area contributed by atoms with Crippen molar-refractivity contribution in [1.29, 1.82) is 0 Å². The van der Waals surface area contributed by atoms with E-state index in [2.05, 4.69) is 6.58 Å². The van der Waals surface area contributed by atoms with Gasteiger partial charge < -0.3 is 24.1 Å². The zero-order chi connectivity index (χ0) is 26.4. The average Bonchev–Trinajstić information content (AvgIpc) is 3.34. The summed E-state index contributed by atoms with van der Waals surface area (Å²) in [7, 11) is 0. The van der Waals surface area contributed by atoms with Crippen LogP contribution in [0.3, 0.4) is 0 Å². The molecule has 9 atom stereocenters. The number of fused-ring (bicyclic) bond motifs is 7. The van der Waals surface area contributed by atoms with Gasteiger partial charge in [-0.25, -0.2) is 4.79 Å². The van der Waals surface area contributed by atoms with Gasteiger partial charge in [0.05, 0.1) is 5.92 Å². The Morgan fingerprint density at radius 1 is 1.19 bits per heavy atom. The third kappa shape index (κ3) is 2.68. The lowest BCUT2D eigenvalue weighted by atomic mass is 9.47. The Labute approximate surface area is 209 Å². The summed E-state index contributed by atoms with van der Waals surface area (Å²) in [5.74, 6) is -7.37. The maximum Gasteiger partial charge on any atom is 0.370 e. The van der Waals surface area contributed by atoms with Crippen molar-refractivity contribution in [2.45, 2.75) is 77.0 Å². The van der Waals surface area contributed by atoms with Crippen molar-refractivity contribution in [1.82, 2.24) is 0 Å². The number of hydrogen-bond acceptors (Lipinski definition) is 8. The summed E-state index contributed by atoms with van der Waals surface area (Å²) in [4.78, 5) is 51.5. The number of allylic oxidation sites excluding steroid dienone is 2. The molecule has 194 valence electrons. The monoisotopic (exact) mass is 500 g/mol. The quantitative estimate of drug-likeness (QED) is 0.268. The zero-order valence-electron chi connectivity index (χ0n) is 21.2. The summed E-state index contributed by atoms with van der Waals surface area (Å²) in [6.45, 7) is 12.2. The van der Waals surface area contributed by atoms with Gasteiger partial charge in [0.25, 0.3) is 5.78 Å². The number of aliphatic carboxylic acids is 1. The van der Waals surface area contributed by atoms with Crippen molar-refractivity contribution in [2.24, 2.45) is 29.1 Å². The number of carbonyl (C=O) groups is 4. The number of cyclic esters (lactones) is 1. The first kappa shape index (κ1) is 24.9. The molecule has 0 aromatic rings. The number of ether oxygens (including phenoxy) is 4. The molecular weight excluding hydrogens is 468 g/mol. The second kappa shape index (κ2) is 7.61. The molecule has 5 rings (SSSR count). The van der Waals surface area contributed by atoms with Gasteiger partial charge in [0.2, 0.25) is 5.79 Å². The van der Waals surface area contributed by atoms with Gasteiger partial charge in [-0.2, -0.15) is 0 Å². The number of carbonyl (C=O) groups excluding carboxylic acids is 3. The van der Waals surface area contributed by atoms with E-state index in [9.17, 15) is 24.3 Å². The SMILES string of the molecule is C=C1OC(=O)[C@@](OC(C)=O)(C23O[C@H](/C(C)=C/C)[C@@](C)(O2)[C@H]2C=C[C@H]4C[C@@H](C(=O)O)CC[C@@H]4[C@]23C)C1=O. The molecule has 0 aromatic carbocycles. The van der Waals surface area contributed by atoms with Gasteiger partial charge in [-0.05, 0) is 57.4 Å². The van der Waals surface area contributed by atoms with Crippen LogP contribution in [0.5, 0.6) is 0 Å². The number of hydrogen-bond donors (Lipinski definition) is 1. The molecule has 1 unspecified atom stereocenters. The first-order valence-corrected chi connectivity index (χ1v) is 12.4. The summed E-state index contributed by atoms with van der Waals surface area (Å²) < 4.78 is 24.3. The van der Waals surface area contributed by atoms with Crippen molar-refractivity contribution in [2.75, 3.05) is 0 Å². The Bertz CT molecular complexity index is 1150. The highest BCUT2D eigenvalue weighted by atomic mass is 16.8. The zero-order valence-corrected chi connectivity index (χ0v) is 21.2. The number of Topliss-reactive ketones (excluding diaryl/α,β-unsaturated/α-hetero) is 1. The highest BCUT2D eigenvalue weighted by molar-refractivity contribution is 6.21. The predicted molar refractivity (Wildman–Crippen MR) is 124 cm³/mol. The van der Waals surface area contributed by atoms with E-state index >= 15 is 0 Å². The van der Waals surface area contributed by atoms with E-state index in [1.54, 1.807) is 0 Å². The van der Waals surface area contributed by atoms with E-state index in [4.69, 9.17) is 18.9 Å². The number of carboxylic acid groups (broad SMARTS) is 1. The van der Waals surface area contributed by atoms with Crippen LogP contribution in [-0.2, 0) is 38.1 Å². The number of rotatable bonds is 4. The standard InChI is InChI=1S/C27H32O9/c1-7-13(2)21-25(6)19-11-9-16-12-17(22(30)31)8-10-18(16)24(19,5)27(35-21,36-25)26(34-15(4)28)20(29)14(3)33-23(26)32/h7,9,11,16-19,21H,3,8,10,12H2,1-2,4-6H3,(H,30,31)/b13-7+/t16-,17-,18-,19-,21+,24+,25-,26+,27?/m0/s1. The smallest absolute Gasteiger partial charge is 0.370 e. The Morgan fingerprint density at radius 3 is 2.44 bits per heavy atom. The highest BCUT2D eigenvalue weighted by Crippen LogP contribution is 2.74. The molecule has 3 aliphatic heterocycles. The summed E-state index contributed by atoms with van der Waals surface area (Å²) >= 11 is 0. The van der Waals surface area contributed by atoms with Crippen LogP contribution >= 0.6 is 0 Å². The second-order valence-electron chi connectivity index (χ2n) is 11.1. The van der Waals surface area contributed by atoms with Crippen LogP contribution < -0.4 is 0 Å².